The third kappa shape index (κ3) is 2.55. The highest BCUT2D eigenvalue weighted by molar-refractivity contribution is 5.85. The van der Waals surface area contributed by atoms with E-state index in [2.05, 4.69) is 0 Å². The van der Waals surface area contributed by atoms with Gasteiger partial charge in [0.15, 0.2) is 0 Å². The fraction of sp³-hybridized carbons (Fsp3) is 0.700. The topological polar surface area (TPSA) is 80.7 Å². The minimum atomic E-state index is -1.06. The molecule has 0 aromatic heterocycles. The van der Waals surface area contributed by atoms with E-state index in [4.69, 9.17) is 9.84 Å². The molecule has 0 radical (unpaired) electrons. The molecule has 2 unspecified atom stereocenters. The van der Waals surface area contributed by atoms with E-state index >= 15 is 0 Å². The Kier molecular flexibility index (Phi) is 3.12. The monoisotopic (exact) mass is 214 g/mol. The highest BCUT2D eigenvalue weighted by Gasteiger charge is 2.45. The van der Waals surface area contributed by atoms with Crippen molar-refractivity contribution >= 4 is 17.7 Å². The van der Waals surface area contributed by atoms with Gasteiger partial charge >= 0.3 is 11.9 Å². The number of carboxylic acids is 1. The molecule has 0 amide bonds. The number of ketones is 1. The van der Waals surface area contributed by atoms with Crippen molar-refractivity contribution < 1.29 is 24.2 Å². The summed E-state index contributed by atoms with van der Waals surface area (Å²) in [4.78, 5) is 32.9. The molecule has 1 aliphatic heterocycles. The van der Waals surface area contributed by atoms with E-state index in [1.807, 2.05) is 0 Å². The summed E-state index contributed by atoms with van der Waals surface area (Å²) in [5, 5.41) is 8.68. The van der Waals surface area contributed by atoms with E-state index in [1.165, 1.54) is 6.92 Å². The maximum Gasteiger partial charge on any atom is 0.306 e. The molecule has 84 valence electrons. The zero-order valence-corrected chi connectivity index (χ0v) is 8.78. The zero-order chi connectivity index (χ0) is 11.6. The van der Waals surface area contributed by atoms with Gasteiger partial charge in [0.1, 0.15) is 11.4 Å². The lowest BCUT2D eigenvalue weighted by atomic mass is 9.82. The standard InChI is InChI=1S/C10H14O5/c1-6(11)7(5-8(12)13)10(2)4-3-9(14)15-10/h7H,3-5H2,1-2H3,(H,12,13). The van der Waals surface area contributed by atoms with E-state index in [9.17, 15) is 14.4 Å². The van der Waals surface area contributed by atoms with Crippen molar-refractivity contribution in [2.75, 3.05) is 0 Å². The molecule has 5 heteroatoms. The van der Waals surface area contributed by atoms with Crippen LogP contribution in [0.5, 0.6) is 0 Å². The van der Waals surface area contributed by atoms with Crippen LogP contribution in [0.15, 0.2) is 0 Å². The summed E-state index contributed by atoms with van der Waals surface area (Å²) < 4.78 is 5.05. The molecule has 1 fully saturated rings. The van der Waals surface area contributed by atoms with Gasteiger partial charge in [-0.3, -0.25) is 14.4 Å². The number of rotatable bonds is 4. The first-order valence-electron chi connectivity index (χ1n) is 4.79. The van der Waals surface area contributed by atoms with Crippen LogP contribution in [0.25, 0.3) is 0 Å². The van der Waals surface area contributed by atoms with E-state index in [0.29, 0.717) is 6.42 Å². The Hall–Kier alpha value is -1.39. The Bertz CT molecular complexity index is 309. The maximum absolute atomic E-state index is 11.3. The fourth-order valence-corrected chi connectivity index (χ4v) is 1.92. The first kappa shape index (κ1) is 11.7. The van der Waals surface area contributed by atoms with E-state index in [0.717, 1.165) is 0 Å². The molecular weight excluding hydrogens is 200 g/mol. The van der Waals surface area contributed by atoms with Gasteiger partial charge in [-0.05, 0) is 20.3 Å². The number of cyclic esters (lactones) is 1. The zero-order valence-electron chi connectivity index (χ0n) is 8.78. The molecule has 0 aromatic carbocycles. The van der Waals surface area contributed by atoms with Gasteiger partial charge in [0, 0.05) is 6.42 Å². The Morgan fingerprint density at radius 3 is 2.53 bits per heavy atom. The van der Waals surface area contributed by atoms with Crippen LogP contribution in [0.3, 0.4) is 0 Å². The number of carbonyl (C=O) groups excluding carboxylic acids is 2. The third-order valence-corrected chi connectivity index (χ3v) is 2.78. The summed E-state index contributed by atoms with van der Waals surface area (Å²) in [6.45, 7) is 2.94. The summed E-state index contributed by atoms with van der Waals surface area (Å²) in [7, 11) is 0. The molecule has 0 bridgehead atoms. The fourth-order valence-electron chi connectivity index (χ4n) is 1.92. The SMILES string of the molecule is CC(=O)C(CC(=O)O)C1(C)CCC(=O)O1. The van der Waals surface area contributed by atoms with Crippen molar-refractivity contribution in [1.29, 1.82) is 0 Å². The predicted molar refractivity (Wildman–Crippen MR) is 50.2 cm³/mol. The third-order valence-electron chi connectivity index (χ3n) is 2.78. The van der Waals surface area contributed by atoms with Crippen LogP contribution >= 0.6 is 0 Å². The Balaban J connectivity index is 2.84. The summed E-state index contributed by atoms with van der Waals surface area (Å²) in [6, 6.07) is 0. The lowest BCUT2D eigenvalue weighted by Gasteiger charge is -2.29. The van der Waals surface area contributed by atoms with Crippen molar-refractivity contribution in [3.63, 3.8) is 0 Å². The molecule has 0 saturated carbocycles. The van der Waals surface area contributed by atoms with Crippen molar-refractivity contribution in [2.24, 2.45) is 5.92 Å². The number of hydrogen-bond donors (Lipinski definition) is 1. The van der Waals surface area contributed by atoms with Gasteiger partial charge in [0.2, 0.25) is 0 Å². The number of Topliss-reactive ketones (excluding diaryl/α,β-unsaturated/α-hetero) is 1. The molecular formula is C10H14O5. The average Bonchev–Trinajstić information content (AvgIpc) is 2.42. The van der Waals surface area contributed by atoms with Crippen molar-refractivity contribution in [3.8, 4) is 0 Å². The van der Waals surface area contributed by atoms with Gasteiger partial charge in [0.25, 0.3) is 0 Å². The molecule has 1 N–H and O–H groups in total. The molecule has 1 saturated heterocycles. The number of esters is 1. The van der Waals surface area contributed by atoms with Gasteiger partial charge in [-0.1, -0.05) is 0 Å². The van der Waals surface area contributed by atoms with Gasteiger partial charge in [-0.2, -0.15) is 0 Å². The maximum atomic E-state index is 11.3. The van der Waals surface area contributed by atoms with Crippen LogP contribution in [-0.2, 0) is 19.1 Å². The highest BCUT2D eigenvalue weighted by Crippen LogP contribution is 2.35. The summed E-state index contributed by atoms with van der Waals surface area (Å²) in [6.07, 6.45) is 0.363. The lowest BCUT2D eigenvalue weighted by molar-refractivity contribution is -0.158. The number of aliphatic carboxylic acids is 1. The normalized spacial score (nSPS) is 27.2. The van der Waals surface area contributed by atoms with E-state index in [-0.39, 0.29) is 24.6 Å². The second-order valence-corrected chi connectivity index (χ2v) is 4.05. The van der Waals surface area contributed by atoms with Crippen LogP contribution in [-0.4, -0.2) is 28.4 Å². The number of ether oxygens (including phenoxy) is 1. The number of carboxylic acid groups (broad SMARTS) is 1. The molecule has 2 atom stereocenters. The Morgan fingerprint density at radius 2 is 2.20 bits per heavy atom. The molecule has 1 aliphatic rings. The molecule has 15 heavy (non-hydrogen) atoms. The average molecular weight is 214 g/mol. The second-order valence-electron chi connectivity index (χ2n) is 4.05. The van der Waals surface area contributed by atoms with Gasteiger partial charge in [0.05, 0.1) is 12.3 Å². The molecule has 0 spiro atoms. The number of hydrogen-bond acceptors (Lipinski definition) is 4. The molecule has 0 aliphatic carbocycles. The van der Waals surface area contributed by atoms with Crippen LogP contribution in [0, 0.1) is 5.92 Å². The minimum Gasteiger partial charge on any atom is -0.481 e. The van der Waals surface area contributed by atoms with Gasteiger partial charge in [-0.15, -0.1) is 0 Å². The highest BCUT2D eigenvalue weighted by atomic mass is 16.6. The molecule has 0 aromatic rings. The Labute approximate surface area is 87.4 Å². The largest absolute Gasteiger partial charge is 0.481 e. The molecule has 1 heterocycles. The van der Waals surface area contributed by atoms with Crippen molar-refractivity contribution in [3.05, 3.63) is 0 Å². The van der Waals surface area contributed by atoms with Crippen molar-refractivity contribution in [1.82, 2.24) is 0 Å². The predicted octanol–water partition coefficient (Wildman–Crippen LogP) is 0.762. The van der Waals surface area contributed by atoms with E-state index in [1.54, 1.807) is 6.92 Å². The quantitative estimate of drug-likeness (QED) is 0.699. The first-order chi connectivity index (χ1) is 6.85. The van der Waals surface area contributed by atoms with Crippen LogP contribution in [0.4, 0.5) is 0 Å². The smallest absolute Gasteiger partial charge is 0.306 e. The lowest BCUT2D eigenvalue weighted by Crippen LogP contribution is -2.40. The van der Waals surface area contributed by atoms with Gasteiger partial charge < -0.3 is 9.84 Å². The molecule has 5 nitrogen and oxygen atoms in total. The van der Waals surface area contributed by atoms with Gasteiger partial charge in [-0.25, -0.2) is 0 Å². The van der Waals surface area contributed by atoms with Crippen LogP contribution in [0.2, 0.25) is 0 Å². The summed E-state index contributed by atoms with van der Waals surface area (Å²) >= 11 is 0. The second kappa shape index (κ2) is 4.00. The van der Waals surface area contributed by atoms with Crippen LogP contribution in [0.1, 0.15) is 33.1 Å². The summed E-state index contributed by atoms with van der Waals surface area (Å²) in [5.74, 6) is -2.43. The molecule has 1 rings (SSSR count). The number of carbonyl (C=O) groups is 3. The minimum absolute atomic E-state index is 0.250. The summed E-state index contributed by atoms with van der Waals surface area (Å²) in [5.41, 5.74) is -0.943. The van der Waals surface area contributed by atoms with Crippen molar-refractivity contribution in [2.45, 2.75) is 38.7 Å². The first-order valence-corrected chi connectivity index (χ1v) is 4.79. The van der Waals surface area contributed by atoms with Crippen LogP contribution < -0.4 is 0 Å². The Morgan fingerprint density at radius 1 is 1.60 bits per heavy atom. The van der Waals surface area contributed by atoms with E-state index < -0.39 is 17.5 Å².